The highest BCUT2D eigenvalue weighted by Crippen LogP contribution is 2.47. The molecular weight excluding hydrogens is 373 g/mol. The van der Waals surface area contributed by atoms with Gasteiger partial charge in [0.1, 0.15) is 6.04 Å². The molecule has 2 heterocycles. The van der Waals surface area contributed by atoms with Gasteiger partial charge in [-0.2, -0.15) is 18.4 Å². The zero-order chi connectivity index (χ0) is 20.1. The maximum atomic E-state index is 12.9. The second kappa shape index (κ2) is 6.48. The van der Waals surface area contributed by atoms with Crippen molar-refractivity contribution in [2.24, 2.45) is 5.92 Å². The van der Waals surface area contributed by atoms with E-state index in [0.717, 1.165) is 18.6 Å². The van der Waals surface area contributed by atoms with Crippen LogP contribution < -0.4 is 5.32 Å². The van der Waals surface area contributed by atoms with Crippen molar-refractivity contribution in [2.75, 3.05) is 6.54 Å². The maximum Gasteiger partial charge on any atom is 0.416 e. The monoisotopic (exact) mass is 388 g/mol. The summed E-state index contributed by atoms with van der Waals surface area (Å²) >= 11 is 0. The molecule has 9 heteroatoms. The lowest BCUT2D eigenvalue weighted by Gasteiger charge is -2.22. The summed E-state index contributed by atoms with van der Waals surface area (Å²) in [4.78, 5) is 30.4. The third kappa shape index (κ3) is 3.15. The highest BCUT2D eigenvalue weighted by Gasteiger charge is 2.53. The molecule has 2 amide bonds. The van der Waals surface area contributed by atoms with Crippen LogP contribution in [0.15, 0.2) is 30.5 Å². The summed E-state index contributed by atoms with van der Waals surface area (Å²) in [6.45, 7) is -0.273. The molecule has 0 unspecified atom stereocenters. The lowest BCUT2D eigenvalue weighted by molar-refractivity contribution is -0.137. The third-order valence-electron chi connectivity index (χ3n) is 5.26. The van der Waals surface area contributed by atoms with Crippen LogP contribution in [0.5, 0.6) is 0 Å². The van der Waals surface area contributed by atoms with Gasteiger partial charge >= 0.3 is 6.18 Å². The van der Waals surface area contributed by atoms with Crippen LogP contribution in [0.4, 0.5) is 13.2 Å². The van der Waals surface area contributed by atoms with E-state index < -0.39 is 23.7 Å². The highest BCUT2D eigenvalue weighted by molar-refractivity contribution is 6.07. The van der Waals surface area contributed by atoms with Gasteiger partial charge in [-0.3, -0.25) is 14.6 Å². The first kappa shape index (κ1) is 18.2. The van der Waals surface area contributed by atoms with Crippen molar-refractivity contribution in [1.29, 1.82) is 5.26 Å². The Kier molecular flexibility index (Phi) is 4.22. The standard InChI is InChI=1S/C19H15F3N4O2/c20-19(21,22)11-1-2-13-14(3-4-24-15(13)7-11)18(28)25-9-17(27)26-12(8-23)5-10-6-16(10)26/h1-4,7,10,12,16H,5-6,9H2,(H,25,28)/t10-,12+,16+/m1/s1. The second-order valence-corrected chi connectivity index (χ2v) is 7.02. The van der Waals surface area contributed by atoms with Crippen molar-refractivity contribution in [1.82, 2.24) is 15.2 Å². The summed E-state index contributed by atoms with van der Waals surface area (Å²) in [6, 6.07) is 6.08. The van der Waals surface area contributed by atoms with Crippen LogP contribution in [0.2, 0.25) is 0 Å². The summed E-state index contributed by atoms with van der Waals surface area (Å²) in [7, 11) is 0. The fraction of sp³-hybridized carbons (Fsp3) is 0.368. The number of rotatable bonds is 3. The first-order valence-corrected chi connectivity index (χ1v) is 8.74. The van der Waals surface area contributed by atoms with Crippen molar-refractivity contribution >= 4 is 22.7 Å². The van der Waals surface area contributed by atoms with Gasteiger partial charge in [-0.1, -0.05) is 6.07 Å². The number of aromatic nitrogens is 1. The number of halogens is 3. The van der Waals surface area contributed by atoms with E-state index in [-0.39, 0.29) is 35.0 Å². The number of hydrogen-bond donors (Lipinski definition) is 1. The van der Waals surface area contributed by atoms with Crippen molar-refractivity contribution in [2.45, 2.75) is 31.1 Å². The number of nitrogens with zero attached hydrogens (tertiary/aromatic N) is 3. The first-order chi connectivity index (χ1) is 13.3. The van der Waals surface area contributed by atoms with Crippen molar-refractivity contribution < 1.29 is 22.8 Å². The molecule has 2 aromatic rings. The van der Waals surface area contributed by atoms with E-state index in [2.05, 4.69) is 16.4 Å². The normalized spacial score (nSPS) is 23.2. The SMILES string of the molecule is N#C[C@@H]1C[C@@H]2C[C@@H]2N1C(=O)CNC(=O)c1ccnc2cc(C(F)(F)F)ccc12. The smallest absolute Gasteiger partial charge is 0.343 e. The zero-order valence-corrected chi connectivity index (χ0v) is 14.5. The van der Waals surface area contributed by atoms with Crippen LogP contribution in [0, 0.1) is 17.2 Å². The molecule has 1 saturated carbocycles. The molecule has 0 radical (unpaired) electrons. The number of piperidine rings is 1. The van der Waals surface area contributed by atoms with E-state index in [1.54, 1.807) is 0 Å². The molecule has 1 aromatic heterocycles. The first-order valence-electron chi connectivity index (χ1n) is 8.74. The number of carbonyl (C=O) groups excluding carboxylic acids is 2. The van der Waals surface area contributed by atoms with Crippen LogP contribution in [-0.2, 0) is 11.0 Å². The van der Waals surface area contributed by atoms with Crippen molar-refractivity contribution in [3.8, 4) is 6.07 Å². The summed E-state index contributed by atoms with van der Waals surface area (Å²) in [5.41, 5.74) is -0.677. The minimum Gasteiger partial charge on any atom is -0.343 e. The van der Waals surface area contributed by atoms with Gasteiger partial charge in [0.05, 0.1) is 29.3 Å². The molecule has 2 aliphatic rings. The highest BCUT2D eigenvalue weighted by atomic mass is 19.4. The minimum absolute atomic E-state index is 0.0405. The Labute approximate surface area is 157 Å². The Morgan fingerprint density at radius 2 is 2.07 bits per heavy atom. The number of likely N-dealkylation sites (tertiary alicyclic amines) is 1. The summed E-state index contributed by atoms with van der Waals surface area (Å²) < 4.78 is 38.6. The van der Waals surface area contributed by atoms with Gasteiger partial charge in [0.15, 0.2) is 0 Å². The molecule has 1 aliphatic carbocycles. The Balaban J connectivity index is 1.50. The molecule has 28 heavy (non-hydrogen) atoms. The molecule has 2 fully saturated rings. The molecule has 0 spiro atoms. The molecular formula is C19H15F3N4O2. The molecule has 3 atom stereocenters. The number of carbonyl (C=O) groups is 2. The van der Waals surface area contributed by atoms with Crippen molar-refractivity contribution in [3.05, 3.63) is 41.6 Å². The van der Waals surface area contributed by atoms with Crippen LogP contribution in [0.25, 0.3) is 10.9 Å². The summed E-state index contributed by atoms with van der Waals surface area (Å²) in [5, 5.41) is 11.9. The molecule has 6 nitrogen and oxygen atoms in total. The fourth-order valence-electron chi connectivity index (χ4n) is 3.80. The molecule has 1 aliphatic heterocycles. The number of pyridine rings is 1. The van der Waals surface area contributed by atoms with E-state index in [1.807, 2.05) is 0 Å². The topological polar surface area (TPSA) is 86.1 Å². The zero-order valence-electron chi connectivity index (χ0n) is 14.5. The quantitative estimate of drug-likeness (QED) is 0.875. The molecule has 1 saturated heterocycles. The van der Waals surface area contributed by atoms with Gasteiger partial charge in [0.25, 0.3) is 5.91 Å². The average Bonchev–Trinajstić information content (AvgIpc) is 3.33. The van der Waals surface area contributed by atoms with Crippen molar-refractivity contribution in [3.63, 3.8) is 0 Å². The summed E-state index contributed by atoms with van der Waals surface area (Å²) in [5.74, 6) is -0.542. The number of nitrogens with one attached hydrogen (secondary N) is 1. The van der Waals surface area contributed by atoms with Gasteiger partial charge in [-0.15, -0.1) is 0 Å². The van der Waals surface area contributed by atoms with Gasteiger partial charge in [0, 0.05) is 17.6 Å². The Morgan fingerprint density at radius 3 is 2.79 bits per heavy atom. The van der Waals surface area contributed by atoms with E-state index in [4.69, 9.17) is 5.26 Å². The molecule has 0 bridgehead atoms. The number of alkyl halides is 3. The van der Waals surface area contributed by atoms with E-state index in [0.29, 0.717) is 12.3 Å². The Bertz CT molecular complexity index is 1010. The molecule has 4 rings (SSSR count). The molecule has 144 valence electrons. The van der Waals surface area contributed by atoms with Gasteiger partial charge in [-0.05, 0) is 37.0 Å². The average molecular weight is 388 g/mol. The fourth-order valence-corrected chi connectivity index (χ4v) is 3.80. The predicted molar refractivity (Wildman–Crippen MR) is 91.8 cm³/mol. The maximum absolute atomic E-state index is 12.9. The van der Waals surface area contributed by atoms with Crippen LogP contribution in [0.1, 0.15) is 28.8 Å². The van der Waals surface area contributed by atoms with Gasteiger partial charge < -0.3 is 10.2 Å². The van der Waals surface area contributed by atoms with Crippen LogP contribution in [-0.4, -0.2) is 40.3 Å². The summed E-state index contributed by atoms with van der Waals surface area (Å²) in [6.07, 6.45) is -1.71. The lowest BCUT2D eigenvalue weighted by Crippen LogP contribution is -2.44. The third-order valence-corrected chi connectivity index (χ3v) is 5.26. The number of amides is 2. The Hall–Kier alpha value is -3.15. The number of fused-ring (bicyclic) bond motifs is 2. The number of hydrogen-bond acceptors (Lipinski definition) is 4. The Morgan fingerprint density at radius 1 is 1.29 bits per heavy atom. The van der Waals surface area contributed by atoms with E-state index in [1.165, 1.54) is 23.2 Å². The van der Waals surface area contributed by atoms with Gasteiger partial charge in [0.2, 0.25) is 5.91 Å². The molecule has 1 N–H and O–H groups in total. The van der Waals surface area contributed by atoms with E-state index >= 15 is 0 Å². The second-order valence-electron chi connectivity index (χ2n) is 7.02. The number of benzene rings is 1. The molecule has 1 aromatic carbocycles. The van der Waals surface area contributed by atoms with Crippen LogP contribution >= 0.6 is 0 Å². The lowest BCUT2D eigenvalue weighted by atomic mass is 10.1. The van der Waals surface area contributed by atoms with Crippen LogP contribution in [0.3, 0.4) is 0 Å². The largest absolute Gasteiger partial charge is 0.416 e. The predicted octanol–water partition coefficient (Wildman–Crippen LogP) is 2.50. The van der Waals surface area contributed by atoms with E-state index in [9.17, 15) is 22.8 Å². The number of nitriles is 1. The minimum atomic E-state index is -4.51. The van der Waals surface area contributed by atoms with Gasteiger partial charge in [-0.25, -0.2) is 0 Å².